The first-order valence-electron chi connectivity index (χ1n) is 9.16. The summed E-state index contributed by atoms with van der Waals surface area (Å²) in [5.74, 6) is 0.269. The summed E-state index contributed by atoms with van der Waals surface area (Å²) in [4.78, 5) is 31.7. The Kier molecular flexibility index (Phi) is 6.10. The molecular weight excluding hydrogens is 391 g/mol. The summed E-state index contributed by atoms with van der Waals surface area (Å²) in [6, 6.07) is 11.1. The van der Waals surface area contributed by atoms with Crippen LogP contribution < -0.4 is 15.6 Å². The van der Waals surface area contributed by atoms with Crippen LogP contribution in [0.5, 0.6) is 5.75 Å². The maximum absolute atomic E-state index is 12.2. The maximum Gasteiger partial charge on any atom is 0.274 e. The van der Waals surface area contributed by atoms with Crippen LogP contribution in [-0.2, 0) is 16.6 Å². The van der Waals surface area contributed by atoms with Gasteiger partial charge in [-0.1, -0.05) is 38.1 Å². The van der Waals surface area contributed by atoms with Gasteiger partial charge in [-0.05, 0) is 29.8 Å². The number of benzene rings is 1. The van der Waals surface area contributed by atoms with Gasteiger partial charge in [0.25, 0.3) is 5.91 Å². The SMILES string of the molecule is CC(C)(C)c1cc(NC(=O)Cc2ccc(NC(=O)c3ccc(OF)cn3)cc2)no1. The predicted octanol–water partition coefficient (Wildman–Crippen LogP) is 4.06. The zero-order valence-electron chi connectivity index (χ0n) is 16.7. The molecule has 9 heteroatoms. The average Bonchev–Trinajstić information content (AvgIpc) is 3.18. The third kappa shape index (κ3) is 5.40. The molecule has 156 valence electrons. The summed E-state index contributed by atoms with van der Waals surface area (Å²) in [6.07, 6.45) is 1.24. The highest BCUT2D eigenvalue weighted by atomic mass is 19.3. The van der Waals surface area contributed by atoms with E-state index in [0.29, 0.717) is 17.3 Å². The topological polar surface area (TPSA) is 106 Å². The van der Waals surface area contributed by atoms with Gasteiger partial charge in [0.05, 0.1) is 12.6 Å². The van der Waals surface area contributed by atoms with Crippen LogP contribution in [-0.4, -0.2) is 22.0 Å². The fourth-order valence-electron chi connectivity index (χ4n) is 2.52. The molecule has 3 rings (SSSR count). The third-order valence-corrected chi connectivity index (χ3v) is 4.15. The second-order valence-corrected chi connectivity index (χ2v) is 7.66. The van der Waals surface area contributed by atoms with Crippen LogP contribution >= 0.6 is 0 Å². The Balaban J connectivity index is 1.55. The largest absolute Gasteiger partial charge is 0.359 e. The molecule has 0 aliphatic carbocycles. The number of hydrogen-bond donors (Lipinski definition) is 2. The zero-order chi connectivity index (χ0) is 21.7. The lowest BCUT2D eigenvalue weighted by molar-refractivity contribution is -0.115. The number of amides is 2. The van der Waals surface area contributed by atoms with Crippen LogP contribution in [0, 0.1) is 0 Å². The van der Waals surface area contributed by atoms with Gasteiger partial charge in [0.15, 0.2) is 11.6 Å². The number of pyridine rings is 1. The minimum Gasteiger partial charge on any atom is -0.359 e. The van der Waals surface area contributed by atoms with Gasteiger partial charge in [-0.3, -0.25) is 14.5 Å². The van der Waals surface area contributed by atoms with Crippen molar-refractivity contribution in [2.45, 2.75) is 32.6 Å². The zero-order valence-corrected chi connectivity index (χ0v) is 16.7. The maximum atomic E-state index is 12.2. The minimum absolute atomic E-state index is 0.0885. The van der Waals surface area contributed by atoms with Crippen molar-refractivity contribution in [3.05, 3.63) is 65.7 Å². The molecule has 0 atom stereocenters. The fourth-order valence-corrected chi connectivity index (χ4v) is 2.52. The van der Waals surface area contributed by atoms with E-state index in [1.165, 1.54) is 12.1 Å². The molecule has 0 bridgehead atoms. The number of hydrogen-bond acceptors (Lipinski definition) is 6. The van der Waals surface area contributed by atoms with E-state index in [4.69, 9.17) is 4.52 Å². The first kappa shape index (κ1) is 21.0. The van der Waals surface area contributed by atoms with Gasteiger partial charge >= 0.3 is 0 Å². The van der Waals surface area contributed by atoms with E-state index in [2.05, 4.69) is 25.7 Å². The molecule has 30 heavy (non-hydrogen) atoms. The van der Waals surface area contributed by atoms with Crippen molar-refractivity contribution in [1.29, 1.82) is 0 Å². The fraction of sp³-hybridized carbons (Fsp3) is 0.238. The summed E-state index contributed by atoms with van der Waals surface area (Å²) >= 11 is 0. The second-order valence-electron chi connectivity index (χ2n) is 7.66. The highest BCUT2D eigenvalue weighted by Crippen LogP contribution is 2.24. The van der Waals surface area contributed by atoms with E-state index in [1.54, 1.807) is 30.3 Å². The van der Waals surface area contributed by atoms with Crippen LogP contribution in [0.25, 0.3) is 0 Å². The standard InChI is InChI=1S/C21H21FN4O4/c1-21(2,3)17-11-18(26-30-17)25-19(27)10-13-4-6-14(7-5-13)24-20(28)16-9-8-15(29-22)12-23-16/h4-9,11-12H,10H2,1-3H3,(H,24,28)(H,25,26,27). The molecule has 8 nitrogen and oxygen atoms in total. The number of carbonyl (C=O) groups excluding carboxylic acids is 2. The van der Waals surface area contributed by atoms with Crippen molar-refractivity contribution < 1.29 is 23.6 Å². The Hall–Kier alpha value is -3.75. The lowest BCUT2D eigenvalue weighted by atomic mass is 9.93. The molecule has 1 aromatic carbocycles. The summed E-state index contributed by atoms with van der Waals surface area (Å²) in [7, 11) is 0. The smallest absolute Gasteiger partial charge is 0.274 e. The monoisotopic (exact) mass is 412 g/mol. The number of carbonyl (C=O) groups is 2. The summed E-state index contributed by atoms with van der Waals surface area (Å²) in [5.41, 5.74) is 1.20. The summed E-state index contributed by atoms with van der Waals surface area (Å²) in [6.45, 7) is 5.97. The number of aromatic nitrogens is 2. The van der Waals surface area contributed by atoms with Gasteiger partial charge in [-0.25, -0.2) is 4.98 Å². The molecule has 0 fully saturated rings. The number of halogens is 1. The van der Waals surface area contributed by atoms with Gasteiger partial charge in [0.1, 0.15) is 11.5 Å². The molecule has 0 aliphatic heterocycles. The van der Waals surface area contributed by atoms with Crippen molar-refractivity contribution in [3.63, 3.8) is 0 Å². The van der Waals surface area contributed by atoms with E-state index in [1.807, 2.05) is 20.8 Å². The normalized spacial score (nSPS) is 11.1. The third-order valence-electron chi connectivity index (χ3n) is 4.15. The molecule has 2 amide bonds. The second kappa shape index (κ2) is 8.73. The quantitative estimate of drug-likeness (QED) is 0.632. The van der Waals surface area contributed by atoms with E-state index in [0.717, 1.165) is 11.8 Å². The molecule has 0 unspecified atom stereocenters. The molecule has 0 saturated carbocycles. The van der Waals surface area contributed by atoms with Crippen molar-refractivity contribution in [1.82, 2.24) is 10.1 Å². The lowest BCUT2D eigenvalue weighted by Gasteiger charge is -2.12. The van der Waals surface area contributed by atoms with E-state index >= 15 is 0 Å². The van der Waals surface area contributed by atoms with Crippen LogP contribution in [0.1, 0.15) is 42.6 Å². The highest BCUT2D eigenvalue weighted by molar-refractivity contribution is 6.02. The van der Waals surface area contributed by atoms with E-state index < -0.39 is 5.91 Å². The van der Waals surface area contributed by atoms with Gasteiger partial charge in [-0.15, -0.1) is 0 Å². The Bertz CT molecular complexity index is 1020. The minimum atomic E-state index is -0.452. The van der Waals surface area contributed by atoms with Gasteiger partial charge in [0.2, 0.25) is 5.91 Å². The van der Waals surface area contributed by atoms with Crippen molar-refractivity contribution in [2.75, 3.05) is 10.6 Å². The molecule has 2 N–H and O–H groups in total. The Morgan fingerprint density at radius 1 is 1.10 bits per heavy atom. The van der Waals surface area contributed by atoms with Crippen LogP contribution in [0.2, 0.25) is 0 Å². The average molecular weight is 412 g/mol. The Labute approximate surface area is 172 Å². The Morgan fingerprint density at radius 3 is 2.40 bits per heavy atom. The molecule has 0 saturated heterocycles. The van der Waals surface area contributed by atoms with Gasteiger partial charge < -0.3 is 15.2 Å². The van der Waals surface area contributed by atoms with Crippen molar-refractivity contribution >= 4 is 23.3 Å². The van der Waals surface area contributed by atoms with E-state index in [9.17, 15) is 14.1 Å². The van der Waals surface area contributed by atoms with Crippen LogP contribution in [0.15, 0.2) is 53.2 Å². The molecular formula is C21H21FN4O4. The molecule has 2 aromatic heterocycles. The summed E-state index contributed by atoms with van der Waals surface area (Å²) < 4.78 is 17.3. The molecule has 3 aromatic rings. The Morgan fingerprint density at radius 2 is 1.83 bits per heavy atom. The van der Waals surface area contributed by atoms with Gasteiger partial charge in [0, 0.05) is 21.7 Å². The number of nitrogens with one attached hydrogen (secondary N) is 2. The summed E-state index contributed by atoms with van der Waals surface area (Å²) in [5, 5.41) is 9.24. The lowest BCUT2D eigenvalue weighted by Crippen LogP contribution is -2.15. The predicted molar refractivity (Wildman–Crippen MR) is 108 cm³/mol. The van der Waals surface area contributed by atoms with Gasteiger partial charge in [-0.2, -0.15) is 0 Å². The van der Waals surface area contributed by atoms with Crippen molar-refractivity contribution in [3.8, 4) is 5.75 Å². The molecule has 0 radical (unpaired) electrons. The van der Waals surface area contributed by atoms with Crippen LogP contribution in [0.3, 0.4) is 0 Å². The first-order chi connectivity index (χ1) is 14.2. The van der Waals surface area contributed by atoms with Crippen LogP contribution in [0.4, 0.5) is 16.0 Å². The first-order valence-corrected chi connectivity index (χ1v) is 9.16. The number of nitrogens with zero attached hydrogens (tertiary/aromatic N) is 2. The highest BCUT2D eigenvalue weighted by Gasteiger charge is 2.20. The number of rotatable bonds is 6. The molecule has 0 aliphatic rings. The van der Waals surface area contributed by atoms with Crippen molar-refractivity contribution in [2.24, 2.45) is 0 Å². The number of anilines is 2. The van der Waals surface area contributed by atoms with E-state index in [-0.39, 0.29) is 29.2 Å². The molecule has 0 spiro atoms. The molecule has 2 heterocycles.